The lowest BCUT2D eigenvalue weighted by Gasteiger charge is -2.26. The molecule has 1 heterocycles. The van der Waals surface area contributed by atoms with Crippen LogP contribution in [0.4, 0.5) is 0 Å². The second-order valence-corrected chi connectivity index (χ2v) is 4.34. The molecule has 1 aliphatic heterocycles. The van der Waals surface area contributed by atoms with Crippen LogP contribution in [0.15, 0.2) is 12.1 Å². The molecule has 2 rings (SSSR count). The summed E-state index contributed by atoms with van der Waals surface area (Å²) in [6.07, 6.45) is 1.59. The summed E-state index contributed by atoms with van der Waals surface area (Å²) < 4.78 is 10.2. The van der Waals surface area contributed by atoms with Gasteiger partial charge < -0.3 is 14.6 Å². The summed E-state index contributed by atoms with van der Waals surface area (Å²) in [7, 11) is 0. The molecular formula is C12H13ClO4. The van der Waals surface area contributed by atoms with Crippen molar-refractivity contribution in [1.82, 2.24) is 0 Å². The van der Waals surface area contributed by atoms with Gasteiger partial charge in [0.1, 0.15) is 11.5 Å². The average molecular weight is 257 g/mol. The third-order valence-corrected chi connectivity index (χ3v) is 3.20. The number of benzene rings is 1. The molecule has 0 amide bonds. The first kappa shape index (κ1) is 12.0. The first-order valence-corrected chi connectivity index (χ1v) is 5.80. The van der Waals surface area contributed by atoms with E-state index in [2.05, 4.69) is 0 Å². The molecule has 0 saturated carbocycles. The molecule has 0 aliphatic carbocycles. The number of aromatic hydroxyl groups is 1. The predicted octanol–water partition coefficient (Wildman–Crippen LogP) is 2.47. The monoisotopic (exact) mass is 256 g/mol. The largest absolute Gasteiger partial charge is 0.506 e. The number of carbonyl (C=O) groups excluding carboxylic acids is 1. The zero-order chi connectivity index (χ0) is 12.3. The summed E-state index contributed by atoms with van der Waals surface area (Å²) in [6, 6.07) is 3.25. The maximum atomic E-state index is 10.1. The van der Waals surface area contributed by atoms with Crippen LogP contribution in [-0.2, 0) is 9.53 Å². The number of hydrogen-bond donors (Lipinski definition) is 1. The molecule has 0 aromatic heterocycles. The van der Waals surface area contributed by atoms with Gasteiger partial charge in [-0.15, -0.1) is 0 Å². The Bertz CT molecular complexity index is 419. The van der Waals surface area contributed by atoms with Crippen LogP contribution in [0.2, 0.25) is 5.02 Å². The lowest BCUT2D eigenvalue weighted by Crippen LogP contribution is -2.15. The molecule has 4 nitrogen and oxygen atoms in total. The number of halogens is 1. The molecule has 1 atom stereocenters. The molecular weight excluding hydrogens is 244 g/mol. The van der Waals surface area contributed by atoms with Crippen molar-refractivity contribution in [3.8, 4) is 11.5 Å². The number of carbonyl (C=O) groups is 1. The maximum Gasteiger partial charge on any atom is 0.293 e. The van der Waals surface area contributed by atoms with Gasteiger partial charge in [0.2, 0.25) is 0 Å². The number of fused-ring (bicyclic) bond motifs is 1. The molecule has 0 saturated heterocycles. The van der Waals surface area contributed by atoms with E-state index in [9.17, 15) is 9.90 Å². The molecule has 1 aromatic carbocycles. The van der Waals surface area contributed by atoms with Crippen molar-refractivity contribution in [1.29, 1.82) is 0 Å². The van der Waals surface area contributed by atoms with Gasteiger partial charge in [-0.05, 0) is 30.4 Å². The van der Waals surface area contributed by atoms with Crippen molar-refractivity contribution in [2.45, 2.75) is 18.8 Å². The van der Waals surface area contributed by atoms with Gasteiger partial charge in [-0.3, -0.25) is 4.79 Å². The fourth-order valence-corrected chi connectivity index (χ4v) is 2.20. The molecule has 5 heteroatoms. The van der Waals surface area contributed by atoms with Gasteiger partial charge >= 0.3 is 0 Å². The van der Waals surface area contributed by atoms with Crippen LogP contribution in [0.3, 0.4) is 0 Å². The molecule has 0 spiro atoms. The van der Waals surface area contributed by atoms with Crippen molar-refractivity contribution in [2.24, 2.45) is 0 Å². The quantitative estimate of drug-likeness (QED) is 0.664. The van der Waals surface area contributed by atoms with Crippen molar-refractivity contribution < 1.29 is 19.4 Å². The number of phenols is 1. The summed E-state index contributed by atoms with van der Waals surface area (Å²) in [5.41, 5.74) is 0.966. The third kappa shape index (κ3) is 2.64. The second-order valence-electron chi connectivity index (χ2n) is 3.93. The molecule has 17 heavy (non-hydrogen) atoms. The average Bonchev–Trinajstić information content (AvgIpc) is 2.32. The predicted molar refractivity (Wildman–Crippen MR) is 62.6 cm³/mol. The highest BCUT2D eigenvalue weighted by molar-refractivity contribution is 6.32. The Morgan fingerprint density at radius 3 is 3.18 bits per heavy atom. The zero-order valence-corrected chi connectivity index (χ0v) is 9.94. The first-order chi connectivity index (χ1) is 8.22. The summed E-state index contributed by atoms with van der Waals surface area (Å²) in [4.78, 5) is 10.1. The molecule has 92 valence electrons. The topological polar surface area (TPSA) is 55.8 Å². The molecule has 1 aromatic rings. The molecule has 0 radical (unpaired) electrons. The van der Waals surface area contributed by atoms with Crippen LogP contribution >= 0.6 is 11.6 Å². The van der Waals surface area contributed by atoms with Gasteiger partial charge in [-0.25, -0.2) is 0 Å². The standard InChI is InChI=1S/C12H13ClO4/c13-10-5-9-8(1-3-16-7-14)2-4-17-12(9)6-11(10)15/h5-8,15H,1-4H2. The van der Waals surface area contributed by atoms with Crippen LogP contribution in [0.25, 0.3) is 0 Å². The fraction of sp³-hybridized carbons (Fsp3) is 0.417. The summed E-state index contributed by atoms with van der Waals surface area (Å²) in [5.74, 6) is 0.932. The normalized spacial score (nSPS) is 18.1. The van der Waals surface area contributed by atoms with Crippen LogP contribution in [-0.4, -0.2) is 24.8 Å². The Hall–Kier alpha value is -1.42. The van der Waals surface area contributed by atoms with Crippen molar-refractivity contribution in [3.63, 3.8) is 0 Å². The fourth-order valence-electron chi connectivity index (χ4n) is 2.03. The van der Waals surface area contributed by atoms with E-state index in [0.29, 0.717) is 30.5 Å². The minimum absolute atomic E-state index is 0.0233. The third-order valence-electron chi connectivity index (χ3n) is 2.90. The van der Waals surface area contributed by atoms with Gasteiger partial charge in [0, 0.05) is 6.07 Å². The number of phenolic OH excluding ortho intramolecular Hbond substituents is 1. The van der Waals surface area contributed by atoms with Gasteiger partial charge in [-0.1, -0.05) is 11.6 Å². The van der Waals surface area contributed by atoms with Gasteiger partial charge in [0.05, 0.1) is 18.2 Å². The molecule has 1 unspecified atom stereocenters. The summed E-state index contributed by atoms with van der Waals surface area (Å²) in [5, 5.41) is 9.81. The Morgan fingerprint density at radius 2 is 2.41 bits per heavy atom. The van der Waals surface area contributed by atoms with E-state index < -0.39 is 0 Å². The lowest BCUT2D eigenvalue weighted by molar-refractivity contribution is -0.128. The maximum absolute atomic E-state index is 10.1. The summed E-state index contributed by atoms with van der Waals surface area (Å²) >= 11 is 5.88. The van der Waals surface area contributed by atoms with Crippen LogP contribution in [0.5, 0.6) is 11.5 Å². The number of hydrogen-bond acceptors (Lipinski definition) is 4. The first-order valence-electron chi connectivity index (χ1n) is 5.43. The minimum atomic E-state index is 0.0233. The van der Waals surface area contributed by atoms with E-state index in [1.165, 1.54) is 6.07 Å². The van der Waals surface area contributed by atoms with Gasteiger partial charge in [-0.2, -0.15) is 0 Å². The molecule has 0 bridgehead atoms. The van der Waals surface area contributed by atoms with Crippen LogP contribution in [0, 0.1) is 0 Å². The zero-order valence-electron chi connectivity index (χ0n) is 9.19. The second kappa shape index (κ2) is 5.27. The van der Waals surface area contributed by atoms with E-state index in [1.54, 1.807) is 6.07 Å². The van der Waals surface area contributed by atoms with Crippen molar-refractivity contribution in [3.05, 3.63) is 22.7 Å². The minimum Gasteiger partial charge on any atom is -0.506 e. The Labute approximate surface area is 104 Å². The van der Waals surface area contributed by atoms with E-state index in [4.69, 9.17) is 21.1 Å². The summed E-state index contributed by atoms with van der Waals surface area (Å²) in [6.45, 7) is 1.43. The number of ether oxygens (including phenoxy) is 2. The molecule has 0 fully saturated rings. The van der Waals surface area contributed by atoms with E-state index >= 15 is 0 Å². The van der Waals surface area contributed by atoms with E-state index in [1.807, 2.05) is 0 Å². The van der Waals surface area contributed by atoms with E-state index in [0.717, 1.165) is 18.4 Å². The Kier molecular flexibility index (Phi) is 3.74. The van der Waals surface area contributed by atoms with Gasteiger partial charge in [0.25, 0.3) is 6.47 Å². The van der Waals surface area contributed by atoms with Crippen molar-refractivity contribution in [2.75, 3.05) is 13.2 Å². The van der Waals surface area contributed by atoms with E-state index in [-0.39, 0.29) is 11.7 Å². The SMILES string of the molecule is O=COCCC1CCOc2cc(O)c(Cl)cc21. The molecule has 1 aliphatic rings. The Morgan fingerprint density at radius 1 is 1.59 bits per heavy atom. The lowest BCUT2D eigenvalue weighted by atomic mass is 9.90. The van der Waals surface area contributed by atoms with Crippen LogP contribution in [0.1, 0.15) is 24.3 Å². The Balaban J connectivity index is 2.18. The highest BCUT2D eigenvalue weighted by Gasteiger charge is 2.23. The van der Waals surface area contributed by atoms with Crippen LogP contribution < -0.4 is 4.74 Å². The van der Waals surface area contributed by atoms with Crippen molar-refractivity contribution >= 4 is 18.1 Å². The highest BCUT2D eigenvalue weighted by Crippen LogP contribution is 2.40. The van der Waals surface area contributed by atoms with Gasteiger partial charge in [0.15, 0.2) is 0 Å². The number of rotatable bonds is 4. The molecule has 1 N–H and O–H groups in total. The smallest absolute Gasteiger partial charge is 0.293 e. The highest BCUT2D eigenvalue weighted by atomic mass is 35.5.